The number of nitrogens with zero attached hydrogens (tertiary/aromatic N) is 3. The van der Waals surface area contributed by atoms with E-state index in [4.69, 9.17) is 0 Å². The van der Waals surface area contributed by atoms with E-state index in [2.05, 4.69) is 38.1 Å². The fourth-order valence-corrected chi connectivity index (χ4v) is 7.03. The maximum absolute atomic E-state index is 13.6. The molecule has 7 nitrogen and oxygen atoms in total. The van der Waals surface area contributed by atoms with Gasteiger partial charge in [0.15, 0.2) is 16.0 Å². The maximum atomic E-state index is 13.6. The number of sulfonamides is 1. The van der Waals surface area contributed by atoms with Crippen LogP contribution >= 0.6 is 31.9 Å². The predicted octanol–water partition coefficient (Wildman–Crippen LogP) is 3.36. The molecule has 160 valence electrons. The number of rotatable bonds is 6. The molecule has 1 saturated heterocycles. The second-order valence-electron chi connectivity index (χ2n) is 7.03. The highest BCUT2D eigenvalue weighted by atomic mass is 79.9. The highest BCUT2D eigenvalue weighted by Crippen LogP contribution is 2.32. The van der Waals surface area contributed by atoms with Crippen molar-refractivity contribution in [2.75, 3.05) is 19.3 Å². The van der Waals surface area contributed by atoms with Crippen molar-refractivity contribution in [2.24, 2.45) is 0 Å². The number of hydrogen-bond donors (Lipinski definition) is 0. The quantitative estimate of drug-likeness (QED) is 0.489. The van der Waals surface area contributed by atoms with E-state index in [1.807, 2.05) is 0 Å². The zero-order valence-corrected chi connectivity index (χ0v) is 20.8. The number of benzene rings is 2. The summed E-state index contributed by atoms with van der Waals surface area (Å²) in [5.74, 6) is 0. The van der Waals surface area contributed by atoms with E-state index in [0.717, 1.165) is 6.26 Å². The van der Waals surface area contributed by atoms with Crippen LogP contribution in [0, 0.1) is 11.5 Å². The molecule has 0 bridgehead atoms. The van der Waals surface area contributed by atoms with Gasteiger partial charge in [0.25, 0.3) is 0 Å². The number of hydrogen-bond acceptors (Lipinski definition) is 6. The third-order valence-corrected chi connectivity index (χ3v) is 9.40. The SMILES string of the molecule is CS(=O)(=O)c1ccc(CN([C@@H]2CCN(C#N)C2)S(=O)(=O)c2cc(Br)ccc2Br)cc1. The molecule has 1 atom stereocenters. The second-order valence-corrected chi connectivity index (χ2v) is 12.7. The standard InChI is InChI=1S/C19H19Br2N3O4S2/c1-29(25,26)17-5-2-14(3-6-17)11-24(16-8-9-23(12-16)13-22)30(27,28)19-10-15(20)4-7-18(19)21/h2-7,10,16H,8-9,11-12H2,1H3/t16-/m1/s1. The maximum Gasteiger partial charge on any atom is 0.244 e. The van der Waals surface area contributed by atoms with E-state index in [9.17, 15) is 22.1 Å². The van der Waals surface area contributed by atoms with Crippen molar-refractivity contribution >= 4 is 51.7 Å². The molecule has 0 saturated carbocycles. The molecule has 2 aromatic carbocycles. The first-order valence-corrected chi connectivity index (χ1v) is 13.8. The third kappa shape index (κ3) is 5.06. The fourth-order valence-electron chi connectivity index (χ4n) is 3.30. The average molecular weight is 577 g/mol. The molecule has 0 spiro atoms. The van der Waals surface area contributed by atoms with Crippen molar-refractivity contribution < 1.29 is 16.8 Å². The lowest BCUT2D eigenvalue weighted by atomic mass is 10.2. The predicted molar refractivity (Wildman–Crippen MR) is 120 cm³/mol. The molecular weight excluding hydrogens is 558 g/mol. The minimum atomic E-state index is -3.90. The van der Waals surface area contributed by atoms with Gasteiger partial charge in [-0.25, -0.2) is 16.8 Å². The lowest BCUT2D eigenvalue weighted by molar-refractivity contribution is 0.314. The molecule has 1 fully saturated rings. The van der Waals surface area contributed by atoms with Crippen LogP contribution in [0.5, 0.6) is 0 Å². The Hall–Kier alpha value is -1.45. The van der Waals surface area contributed by atoms with Crippen molar-refractivity contribution in [3.05, 3.63) is 57.0 Å². The third-order valence-electron chi connectivity index (χ3n) is 4.88. The van der Waals surface area contributed by atoms with Crippen LogP contribution in [0.25, 0.3) is 0 Å². The van der Waals surface area contributed by atoms with Crippen LogP contribution in [0.3, 0.4) is 0 Å². The Morgan fingerprint density at radius 2 is 1.80 bits per heavy atom. The second kappa shape index (κ2) is 8.96. The highest BCUT2D eigenvalue weighted by Gasteiger charge is 2.37. The van der Waals surface area contributed by atoms with Crippen LogP contribution in [0.2, 0.25) is 0 Å². The van der Waals surface area contributed by atoms with E-state index in [-0.39, 0.29) is 22.4 Å². The van der Waals surface area contributed by atoms with Crippen molar-refractivity contribution in [1.82, 2.24) is 9.21 Å². The summed E-state index contributed by atoms with van der Waals surface area (Å²) in [5, 5.41) is 9.20. The smallest absolute Gasteiger partial charge is 0.244 e. The van der Waals surface area contributed by atoms with Crippen molar-refractivity contribution in [2.45, 2.75) is 28.8 Å². The molecule has 0 amide bonds. The zero-order valence-electron chi connectivity index (χ0n) is 16.0. The molecule has 0 aromatic heterocycles. The summed E-state index contributed by atoms with van der Waals surface area (Å²) < 4.78 is 53.1. The Labute approximate surface area is 193 Å². The topological polar surface area (TPSA) is 98.5 Å². The Balaban J connectivity index is 2.01. The molecule has 3 rings (SSSR count). The first-order valence-electron chi connectivity index (χ1n) is 8.93. The average Bonchev–Trinajstić information content (AvgIpc) is 3.16. The largest absolute Gasteiger partial charge is 0.309 e. The minimum Gasteiger partial charge on any atom is -0.309 e. The van der Waals surface area contributed by atoms with Crippen molar-refractivity contribution in [3.63, 3.8) is 0 Å². The van der Waals surface area contributed by atoms with Gasteiger partial charge in [-0.3, -0.25) is 0 Å². The summed E-state index contributed by atoms with van der Waals surface area (Å²) in [6, 6.07) is 10.7. The summed E-state index contributed by atoms with van der Waals surface area (Å²) in [7, 11) is -7.25. The van der Waals surface area contributed by atoms with E-state index in [1.165, 1.54) is 27.4 Å². The molecule has 2 aromatic rings. The first kappa shape index (κ1) is 23.2. The number of halogens is 2. The molecular formula is C19H19Br2N3O4S2. The van der Waals surface area contributed by atoms with Gasteiger partial charge in [0.2, 0.25) is 10.0 Å². The van der Waals surface area contributed by atoms with Crippen LogP contribution in [0.15, 0.2) is 61.2 Å². The van der Waals surface area contributed by atoms with Gasteiger partial charge < -0.3 is 4.90 Å². The summed E-state index contributed by atoms with van der Waals surface area (Å²) in [5.41, 5.74) is 0.660. The normalized spacial score (nSPS) is 17.3. The van der Waals surface area contributed by atoms with E-state index in [0.29, 0.717) is 34.0 Å². The monoisotopic (exact) mass is 575 g/mol. The van der Waals surface area contributed by atoms with Crippen molar-refractivity contribution in [1.29, 1.82) is 5.26 Å². The lowest BCUT2D eigenvalue weighted by Crippen LogP contribution is -2.41. The summed E-state index contributed by atoms with van der Waals surface area (Å²) in [6.07, 6.45) is 3.73. The van der Waals surface area contributed by atoms with Gasteiger partial charge in [-0.1, -0.05) is 28.1 Å². The van der Waals surface area contributed by atoms with Gasteiger partial charge in [-0.2, -0.15) is 9.57 Å². The summed E-state index contributed by atoms with van der Waals surface area (Å²) >= 11 is 6.65. The summed E-state index contributed by atoms with van der Waals surface area (Å²) in [4.78, 5) is 1.84. The van der Waals surface area contributed by atoms with E-state index in [1.54, 1.807) is 24.3 Å². The number of likely N-dealkylation sites (tertiary alicyclic amines) is 1. The molecule has 0 radical (unpaired) electrons. The number of nitriles is 1. The van der Waals surface area contributed by atoms with Gasteiger partial charge in [0.1, 0.15) is 0 Å². The lowest BCUT2D eigenvalue weighted by Gasteiger charge is -2.28. The molecule has 0 unspecified atom stereocenters. The number of sulfone groups is 1. The van der Waals surface area contributed by atoms with Crippen LogP contribution < -0.4 is 0 Å². The Morgan fingerprint density at radius 1 is 1.13 bits per heavy atom. The van der Waals surface area contributed by atoms with E-state index < -0.39 is 19.9 Å². The molecule has 1 aliphatic rings. The van der Waals surface area contributed by atoms with Gasteiger partial charge in [0, 0.05) is 40.9 Å². The molecule has 0 N–H and O–H groups in total. The van der Waals surface area contributed by atoms with Gasteiger partial charge in [0.05, 0.1) is 9.79 Å². The van der Waals surface area contributed by atoms with E-state index >= 15 is 0 Å². The van der Waals surface area contributed by atoms with Crippen LogP contribution in [0.1, 0.15) is 12.0 Å². The van der Waals surface area contributed by atoms with Gasteiger partial charge in [-0.05, 0) is 58.2 Å². The zero-order chi connectivity index (χ0) is 22.1. The van der Waals surface area contributed by atoms with Gasteiger partial charge in [-0.15, -0.1) is 0 Å². The van der Waals surface area contributed by atoms with Gasteiger partial charge >= 0.3 is 0 Å². The molecule has 1 heterocycles. The molecule has 0 aliphatic carbocycles. The summed E-state index contributed by atoms with van der Waals surface area (Å²) in [6.45, 7) is 0.859. The Bertz CT molecular complexity index is 1190. The minimum absolute atomic E-state index is 0.0647. The molecule has 11 heteroatoms. The van der Waals surface area contributed by atoms with Crippen LogP contribution in [-0.2, 0) is 26.4 Å². The molecule has 30 heavy (non-hydrogen) atoms. The fraction of sp³-hybridized carbons (Fsp3) is 0.316. The van der Waals surface area contributed by atoms with Crippen LogP contribution in [0.4, 0.5) is 0 Å². The van der Waals surface area contributed by atoms with Crippen LogP contribution in [-0.4, -0.2) is 51.4 Å². The Kier molecular flexibility index (Phi) is 6.94. The highest BCUT2D eigenvalue weighted by molar-refractivity contribution is 9.11. The molecule has 1 aliphatic heterocycles. The first-order chi connectivity index (χ1) is 14.0. The van der Waals surface area contributed by atoms with Crippen molar-refractivity contribution in [3.8, 4) is 6.19 Å². The Morgan fingerprint density at radius 3 is 2.37 bits per heavy atom.